The standard InChI is InChI=1S/C45H35F5N3P/c1-44(2)32-22-20-30(52-32)34(24-12-7-5-8-13-24)28-18-19-29(51-28)35(25-14-9-6-10-15-25)31-21-23-33(53-31)45(3,4)43-27-17-11-16-26(27)42(44)54(43)41-39(49)37(47)36(46)38(48)40(41)50/h5-10,12-15,18-23,52H,11,16-17H2,1-4H3/b34-28-,35-31-. The number of allylic oxidation sites excluding steroid dienone is 5. The first-order chi connectivity index (χ1) is 25.9. The number of nitrogens with zero attached hydrogens (tertiary/aromatic N) is 2. The number of hydrogen-bond acceptors (Lipinski definition) is 2. The van der Waals surface area contributed by atoms with Gasteiger partial charge < -0.3 is 4.98 Å². The number of fused-ring (bicyclic) bond motifs is 9. The summed E-state index contributed by atoms with van der Waals surface area (Å²) in [5.74, 6) is -9.59. The fourth-order valence-electron chi connectivity index (χ4n) is 8.70. The third-order valence-electron chi connectivity index (χ3n) is 11.3. The van der Waals surface area contributed by atoms with Crippen LogP contribution in [0.2, 0.25) is 0 Å². The van der Waals surface area contributed by atoms with Crippen LogP contribution in [-0.4, -0.2) is 16.4 Å². The van der Waals surface area contributed by atoms with Crippen LogP contribution in [0.25, 0.3) is 16.5 Å². The number of aromatic nitrogens is 1. The molecule has 270 valence electrons. The SMILES string of the molecule is CC1(C)C2=N/C(=C(/c3ccccc3)C3=N/C(=C(/c4ccccc4)c4ccc([nH]4)C(C)(C)c4c5c(c1p4-c1c(F)c(F)c(F)c(F)c1F)CCC5)C=C3)C=C2. The highest BCUT2D eigenvalue weighted by Gasteiger charge is 2.45. The Bertz CT molecular complexity index is 2580. The molecule has 5 aromatic rings. The predicted molar refractivity (Wildman–Crippen MR) is 207 cm³/mol. The Morgan fingerprint density at radius 2 is 1.11 bits per heavy atom. The number of benzene rings is 3. The van der Waals surface area contributed by atoms with Crippen molar-refractivity contribution in [2.75, 3.05) is 0 Å². The van der Waals surface area contributed by atoms with Crippen molar-refractivity contribution in [3.63, 3.8) is 0 Å². The van der Waals surface area contributed by atoms with Gasteiger partial charge in [0.1, 0.15) is 0 Å². The summed E-state index contributed by atoms with van der Waals surface area (Å²) in [6.45, 7) is 7.85. The van der Waals surface area contributed by atoms with Gasteiger partial charge in [0, 0.05) is 33.4 Å². The highest BCUT2D eigenvalue weighted by molar-refractivity contribution is 7.59. The molecule has 9 heteroatoms. The zero-order chi connectivity index (χ0) is 37.7. The van der Waals surface area contributed by atoms with Crippen molar-refractivity contribution >= 4 is 30.1 Å². The molecule has 5 heterocycles. The molecule has 0 saturated carbocycles. The van der Waals surface area contributed by atoms with E-state index in [0.29, 0.717) is 34.8 Å². The summed E-state index contributed by atoms with van der Waals surface area (Å²) < 4.78 is 77.8. The lowest BCUT2D eigenvalue weighted by Gasteiger charge is -2.31. The first kappa shape index (κ1) is 34.4. The van der Waals surface area contributed by atoms with Crippen LogP contribution in [0.5, 0.6) is 0 Å². The summed E-state index contributed by atoms with van der Waals surface area (Å²) in [7, 11) is -2.26. The average Bonchev–Trinajstić information content (AvgIpc) is 4.01. The highest BCUT2D eigenvalue weighted by Crippen LogP contribution is 2.64. The normalized spacial score (nSPS) is 21.1. The molecule has 8 bridgehead atoms. The van der Waals surface area contributed by atoms with Gasteiger partial charge in [0.25, 0.3) is 0 Å². The van der Waals surface area contributed by atoms with E-state index in [1.807, 2.05) is 125 Å². The smallest absolute Gasteiger partial charge is 0.200 e. The Balaban J connectivity index is 1.44. The second-order valence-corrected chi connectivity index (χ2v) is 17.2. The second-order valence-electron chi connectivity index (χ2n) is 15.2. The maximum absolute atomic E-state index is 16.3. The van der Waals surface area contributed by atoms with Crippen LogP contribution in [-0.2, 0) is 23.7 Å². The third kappa shape index (κ3) is 4.99. The fraction of sp³-hybridized carbons (Fsp3) is 0.200. The number of H-pyrrole nitrogens is 1. The zero-order valence-electron chi connectivity index (χ0n) is 30.1. The molecule has 1 atom stereocenters. The van der Waals surface area contributed by atoms with E-state index in [9.17, 15) is 4.39 Å². The number of aromatic amines is 1. The van der Waals surface area contributed by atoms with E-state index in [0.717, 1.165) is 62.6 Å². The molecule has 2 aromatic heterocycles. The molecule has 3 aliphatic heterocycles. The summed E-state index contributed by atoms with van der Waals surface area (Å²) in [5, 5.41) is 0.600. The first-order valence-corrected chi connectivity index (χ1v) is 19.4. The van der Waals surface area contributed by atoms with Gasteiger partial charge in [-0.1, -0.05) is 68.2 Å². The van der Waals surface area contributed by atoms with Crippen LogP contribution in [0, 0.1) is 29.1 Å². The molecule has 1 aliphatic carbocycles. The van der Waals surface area contributed by atoms with Crippen molar-refractivity contribution < 1.29 is 22.0 Å². The molecule has 54 heavy (non-hydrogen) atoms. The molecule has 3 nitrogen and oxygen atoms in total. The molecular weight excluding hydrogens is 708 g/mol. The van der Waals surface area contributed by atoms with E-state index < -0.39 is 52.8 Å². The van der Waals surface area contributed by atoms with Gasteiger partial charge in [-0.15, -0.1) is 0 Å². The lowest BCUT2D eigenvalue weighted by molar-refractivity contribution is 0.383. The van der Waals surface area contributed by atoms with E-state index in [4.69, 9.17) is 9.98 Å². The number of halogens is 5. The van der Waals surface area contributed by atoms with Gasteiger partial charge in [0.05, 0.1) is 28.1 Å². The topological polar surface area (TPSA) is 40.5 Å². The van der Waals surface area contributed by atoms with E-state index in [1.165, 1.54) is 0 Å². The van der Waals surface area contributed by atoms with E-state index >= 15 is 17.6 Å². The summed E-state index contributed by atoms with van der Waals surface area (Å²) in [6.07, 6.45) is 9.90. The van der Waals surface area contributed by atoms with Gasteiger partial charge in [0.15, 0.2) is 23.3 Å². The van der Waals surface area contributed by atoms with Gasteiger partial charge >= 0.3 is 0 Å². The van der Waals surface area contributed by atoms with Gasteiger partial charge in [-0.05, 0) is 116 Å². The average molecular weight is 744 g/mol. The van der Waals surface area contributed by atoms with Crippen molar-refractivity contribution in [2.45, 2.75) is 57.8 Å². The van der Waals surface area contributed by atoms with Crippen LogP contribution in [0.1, 0.15) is 78.3 Å². The van der Waals surface area contributed by atoms with Crippen LogP contribution in [0.3, 0.4) is 0 Å². The summed E-state index contributed by atoms with van der Waals surface area (Å²) in [6, 6.07) is 23.7. The Labute approximate surface area is 311 Å². The molecule has 0 spiro atoms. The molecule has 9 rings (SSSR count). The van der Waals surface area contributed by atoms with Crippen LogP contribution in [0.15, 0.2) is 118 Å². The number of aliphatic imine (C=N–C) groups is 2. The Morgan fingerprint density at radius 3 is 1.74 bits per heavy atom. The van der Waals surface area contributed by atoms with Crippen molar-refractivity contribution in [2.24, 2.45) is 9.98 Å². The third-order valence-corrected chi connectivity index (χ3v) is 14.7. The summed E-state index contributed by atoms with van der Waals surface area (Å²) in [5.41, 5.74) is 7.77. The minimum absolute atomic E-state index is 0.624. The Hall–Kier alpha value is -5.33. The van der Waals surface area contributed by atoms with Crippen LogP contribution < -0.4 is 0 Å². The van der Waals surface area contributed by atoms with Gasteiger partial charge in [-0.2, -0.15) is 0 Å². The Morgan fingerprint density at radius 1 is 0.574 bits per heavy atom. The summed E-state index contributed by atoms with van der Waals surface area (Å²) in [4.78, 5) is 14.1. The number of rotatable bonds is 3. The van der Waals surface area contributed by atoms with Crippen LogP contribution in [0.4, 0.5) is 22.0 Å². The molecule has 0 saturated heterocycles. The van der Waals surface area contributed by atoms with E-state index in [1.54, 1.807) is 0 Å². The molecule has 1 N–H and O–H groups in total. The van der Waals surface area contributed by atoms with Crippen molar-refractivity contribution in [1.29, 1.82) is 0 Å². The number of hydrogen-bond donors (Lipinski definition) is 1. The second kappa shape index (κ2) is 12.4. The van der Waals surface area contributed by atoms with Crippen molar-refractivity contribution in [3.05, 3.63) is 182 Å². The molecule has 0 amide bonds. The van der Waals surface area contributed by atoms with Crippen molar-refractivity contribution in [1.82, 2.24) is 4.98 Å². The van der Waals surface area contributed by atoms with E-state index in [2.05, 4.69) is 4.98 Å². The molecule has 4 aliphatic rings. The minimum Gasteiger partial charge on any atom is -0.358 e. The number of nitrogens with one attached hydrogen (secondary N) is 1. The maximum atomic E-state index is 16.3. The highest BCUT2D eigenvalue weighted by atomic mass is 31.1. The maximum Gasteiger partial charge on any atom is 0.200 e. The van der Waals surface area contributed by atoms with Crippen LogP contribution >= 0.6 is 7.53 Å². The zero-order valence-corrected chi connectivity index (χ0v) is 31.0. The largest absolute Gasteiger partial charge is 0.358 e. The Kier molecular flexibility index (Phi) is 7.88. The predicted octanol–water partition coefficient (Wildman–Crippen LogP) is 12.0. The lowest BCUT2D eigenvalue weighted by Crippen LogP contribution is -2.27. The monoisotopic (exact) mass is 743 g/mol. The van der Waals surface area contributed by atoms with Gasteiger partial charge in [-0.3, -0.25) is 4.99 Å². The molecule has 0 radical (unpaired) electrons. The minimum atomic E-state index is -2.26. The van der Waals surface area contributed by atoms with Gasteiger partial charge in [-0.25, -0.2) is 26.9 Å². The molecule has 1 unspecified atom stereocenters. The molecule has 0 fully saturated rings. The summed E-state index contributed by atoms with van der Waals surface area (Å²) >= 11 is 0. The van der Waals surface area contributed by atoms with E-state index in [-0.39, 0.29) is 0 Å². The fourth-order valence-corrected chi connectivity index (χ4v) is 12.3. The molecular formula is C45H35F5N3P. The van der Waals surface area contributed by atoms with Crippen molar-refractivity contribution in [3.8, 4) is 5.30 Å². The molecule has 3 aromatic carbocycles. The quantitative estimate of drug-likeness (QED) is 0.109. The van der Waals surface area contributed by atoms with Gasteiger partial charge in [0.2, 0.25) is 5.82 Å². The first-order valence-electron chi connectivity index (χ1n) is 18.0. The lowest BCUT2D eigenvalue weighted by atomic mass is 9.81.